The third kappa shape index (κ3) is 4.87. The number of allylic oxidation sites excluding steroid dienone is 1. The lowest BCUT2D eigenvalue weighted by molar-refractivity contribution is -0.719. The van der Waals surface area contributed by atoms with Gasteiger partial charge in [0.25, 0.3) is 0 Å². The Hall–Kier alpha value is -4.35. The van der Waals surface area contributed by atoms with Gasteiger partial charge in [-0.05, 0) is 98.4 Å². The molecule has 0 radical (unpaired) electrons. The summed E-state index contributed by atoms with van der Waals surface area (Å²) in [5, 5.41) is 3.86. The molecule has 4 aromatic heterocycles. The molecule has 9 rings (SSSR count). The molecule has 0 amide bonds. The Balaban J connectivity index is 1.30. The molecule has 6 aromatic rings. The molecule has 0 saturated carbocycles. The Bertz CT molecular complexity index is 2380. The number of fused-ring (bicyclic) bond motifs is 15. The summed E-state index contributed by atoms with van der Waals surface area (Å²) in [5.41, 5.74) is 16.5. The van der Waals surface area contributed by atoms with E-state index in [4.69, 9.17) is 16.0 Å². The number of aryl methyl sites for hydroxylation is 2. The van der Waals surface area contributed by atoms with E-state index >= 15 is 0 Å². The molecule has 2 unspecified atom stereocenters. The van der Waals surface area contributed by atoms with Gasteiger partial charge in [0.1, 0.15) is 0 Å². The van der Waals surface area contributed by atoms with Crippen molar-refractivity contribution in [1.29, 1.82) is 0 Å². The van der Waals surface area contributed by atoms with Crippen molar-refractivity contribution in [2.45, 2.75) is 103 Å². The van der Waals surface area contributed by atoms with E-state index in [1.807, 2.05) is 6.92 Å². The zero-order chi connectivity index (χ0) is 34.5. The van der Waals surface area contributed by atoms with Crippen LogP contribution in [0.2, 0.25) is 19.6 Å². The van der Waals surface area contributed by atoms with E-state index in [1.54, 1.807) is 16.3 Å². The van der Waals surface area contributed by atoms with Crippen molar-refractivity contribution < 1.29 is 13.6 Å². The Kier molecular flexibility index (Phi) is 7.33. The molecule has 6 heterocycles. The summed E-state index contributed by atoms with van der Waals surface area (Å²) in [6, 6.07) is 23.2. The maximum Gasteiger partial charge on any atom is 0.227 e. The van der Waals surface area contributed by atoms with Crippen molar-refractivity contribution in [3.8, 4) is 22.5 Å². The largest absolute Gasteiger partial charge is 0.437 e. The van der Waals surface area contributed by atoms with Gasteiger partial charge in [-0.25, -0.2) is 4.98 Å². The normalized spacial score (nSPS) is 18.7. The molecular formula is C45H49N3OSi+2. The molecule has 0 fully saturated rings. The molecule has 0 spiro atoms. The second-order valence-corrected chi connectivity index (χ2v) is 21.6. The standard InChI is InChI=1S/C45H49N3OSi/c1-27(2)31-22-23-47-29(4)24-39-33(20-17-30-18-21-37-38-19-16-28(3)46-45(38)49-44(37)42(30)40(47)25-31)32-12-8-10-14-35(32)43-36-15-11-9-13-34(36)41(26-48(39)43)50(5,6)7/h8,10,12,14,16,18-19,21-23,25-27,33,39H,4,9,11,13,15,17,20,24H2,1-3,5-7H3/q+2. The second kappa shape index (κ2) is 11.6. The first-order valence-electron chi connectivity index (χ1n) is 18.8. The lowest BCUT2D eigenvalue weighted by atomic mass is 9.75. The van der Waals surface area contributed by atoms with E-state index < -0.39 is 8.07 Å². The second-order valence-electron chi connectivity index (χ2n) is 16.5. The number of aromatic nitrogens is 3. The summed E-state index contributed by atoms with van der Waals surface area (Å²) < 4.78 is 11.9. The molecule has 1 aliphatic carbocycles. The van der Waals surface area contributed by atoms with Crippen molar-refractivity contribution in [2.24, 2.45) is 0 Å². The fourth-order valence-electron chi connectivity index (χ4n) is 9.47. The van der Waals surface area contributed by atoms with Gasteiger partial charge in [0.2, 0.25) is 17.1 Å². The van der Waals surface area contributed by atoms with Gasteiger partial charge in [-0.1, -0.05) is 63.8 Å². The van der Waals surface area contributed by atoms with E-state index in [0.29, 0.717) is 17.5 Å². The van der Waals surface area contributed by atoms with Gasteiger partial charge in [-0.3, -0.25) is 0 Å². The van der Waals surface area contributed by atoms with Crippen LogP contribution < -0.4 is 14.3 Å². The summed E-state index contributed by atoms with van der Waals surface area (Å²) in [4.78, 5) is 4.82. The first-order chi connectivity index (χ1) is 24.1. The summed E-state index contributed by atoms with van der Waals surface area (Å²) in [5.74, 6) is 0.761. The number of rotatable bonds is 2. The predicted octanol–water partition coefficient (Wildman–Crippen LogP) is 9.89. The fraction of sp³-hybridized carbons (Fsp3) is 0.356. The molecule has 0 bridgehead atoms. The number of pyridine rings is 3. The SMILES string of the molecule is C=C1CC2C(CCc3ccc4c(oc5nc(C)ccc54)c3-c3cc(C(C)C)cc[n+]31)c1ccccc1-c1c3c(c([Si](C)(C)C)c[n+]12)CCCC3. The lowest BCUT2D eigenvalue weighted by Crippen LogP contribution is -2.55. The topological polar surface area (TPSA) is 33.8 Å². The molecule has 2 aromatic carbocycles. The predicted molar refractivity (Wildman–Crippen MR) is 208 cm³/mol. The summed E-state index contributed by atoms with van der Waals surface area (Å²) in [6.45, 7) is 19.1. The highest BCUT2D eigenvalue weighted by atomic mass is 28.3. The molecule has 4 nitrogen and oxygen atoms in total. The molecule has 0 N–H and O–H groups in total. The molecule has 5 heteroatoms. The van der Waals surface area contributed by atoms with E-state index in [2.05, 4.69) is 116 Å². The van der Waals surface area contributed by atoms with Crippen LogP contribution in [0.3, 0.4) is 0 Å². The maximum absolute atomic E-state index is 6.75. The zero-order valence-electron chi connectivity index (χ0n) is 30.6. The van der Waals surface area contributed by atoms with Gasteiger partial charge < -0.3 is 4.42 Å². The van der Waals surface area contributed by atoms with Crippen LogP contribution in [-0.4, -0.2) is 13.1 Å². The van der Waals surface area contributed by atoms with Crippen LogP contribution in [0.15, 0.2) is 84.1 Å². The number of nitrogens with zero attached hydrogens (tertiary/aromatic N) is 3. The van der Waals surface area contributed by atoms with Crippen molar-refractivity contribution in [1.82, 2.24) is 4.98 Å². The van der Waals surface area contributed by atoms with Gasteiger partial charge >= 0.3 is 0 Å². The van der Waals surface area contributed by atoms with E-state index in [9.17, 15) is 0 Å². The average molecular weight is 676 g/mol. The van der Waals surface area contributed by atoms with Crippen LogP contribution in [-0.2, 0) is 19.3 Å². The van der Waals surface area contributed by atoms with E-state index in [1.165, 1.54) is 64.9 Å². The average Bonchev–Trinajstić information content (AvgIpc) is 3.47. The first kappa shape index (κ1) is 31.6. The molecule has 2 atom stereocenters. The Morgan fingerprint density at radius 3 is 2.50 bits per heavy atom. The Labute approximate surface area is 297 Å². The van der Waals surface area contributed by atoms with Crippen LogP contribution in [0.5, 0.6) is 0 Å². The van der Waals surface area contributed by atoms with Gasteiger partial charge in [-0.2, -0.15) is 9.13 Å². The van der Waals surface area contributed by atoms with Crippen molar-refractivity contribution in [3.05, 3.63) is 113 Å². The smallest absolute Gasteiger partial charge is 0.227 e. The quantitative estimate of drug-likeness (QED) is 0.135. The van der Waals surface area contributed by atoms with E-state index in [0.717, 1.165) is 47.0 Å². The van der Waals surface area contributed by atoms with Gasteiger partial charge in [0.05, 0.1) is 25.6 Å². The number of hydrogen-bond acceptors (Lipinski definition) is 2. The summed E-state index contributed by atoms with van der Waals surface area (Å²) in [6.07, 6.45) is 12.8. The van der Waals surface area contributed by atoms with Crippen LogP contribution in [0.1, 0.15) is 90.9 Å². The first-order valence-corrected chi connectivity index (χ1v) is 22.3. The minimum atomic E-state index is -1.61. The van der Waals surface area contributed by atoms with Crippen LogP contribution in [0.4, 0.5) is 0 Å². The van der Waals surface area contributed by atoms with Gasteiger partial charge in [0, 0.05) is 45.3 Å². The third-order valence-corrected chi connectivity index (χ3v) is 14.0. The molecular weight excluding hydrogens is 627 g/mol. The highest BCUT2D eigenvalue weighted by Gasteiger charge is 2.46. The van der Waals surface area contributed by atoms with Crippen LogP contribution in [0, 0.1) is 6.92 Å². The molecule has 2 aliphatic heterocycles. The van der Waals surface area contributed by atoms with E-state index in [-0.39, 0.29) is 6.04 Å². The minimum Gasteiger partial charge on any atom is -0.437 e. The zero-order valence-corrected chi connectivity index (χ0v) is 31.6. The number of hydrogen-bond donors (Lipinski definition) is 0. The maximum atomic E-state index is 6.75. The van der Waals surface area contributed by atoms with Crippen LogP contribution in [0.25, 0.3) is 50.3 Å². The van der Waals surface area contributed by atoms with Crippen LogP contribution >= 0.6 is 0 Å². The molecule has 3 aliphatic rings. The Morgan fingerprint density at radius 1 is 0.920 bits per heavy atom. The third-order valence-electron chi connectivity index (χ3n) is 12.0. The van der Waals surface area contributed by atoms with Crippen molar-refractivity contribution >= 4 is 41.0 Å². The monoisotopic (exact) mass is 675 g/mol. The lowest BCUT2D eigenvalue weighted by Gasteiger charge is -2.35. The highest BCUT2D eigenvalue weighted by Crippen LogP contribution is 2.47. The fourth-order valence-corrected chi connectivity index (χ4v) is 11.2. The summed E-state index contributed by atoms with van der Waals surface area (Å²) >= 11 is 0. The van der Waals surface area contributed by atoms with Crippen molar-refractivity contribution in [2.75, 3.05) is 0 Å². The van der Waals surface area contributed by atoms with Gasteiger partial charge in [-0.15, -0.1) is 0 Å². The molecule has 252 valence electrons. The minimum absolute atomic E-state index is 0.281. The molecule has 50 heavy (non-hydrogen) atoms. The number of benzene rings is 2. The highest BCUT2D eigenvalue weighted by molar-refractivity contribution is 6.89. The van der Waals surface area contributed by atoms with Crippen molar-refractivity contribution in [3.63, 3.8) is 0 Å². The molecule has 0 saturated heterocycles. The van der Waals surface area contributed by atoms with Gasteiger partial charge in [0.15, 0.2) is 29.7 Å². The number of furan rings is 1. The summed E-state index contributed by atoms with van der Waals surface area (Å²) in [7, 11) is -1.61. The Morgan fingerprint density at radius 2 is 1.70 bits per heavy atom.